The van der Waals surface area contributed by atoms with Gasteiger partial charge >= 0.3 is 0 Å². The van der Waals surface area contributed by atoms with Crippen LogP contribution in [0, 0.1) is 0 Å². The van der Waals surface area contributed by atoms with Gasteiger partial charge in [0.1, 0.15) is 0 Å². The molecule has 1 aromatic heterocycles. The molecule has 1 aromatic rings. The molecule has 1 saturated heterocycles. The van der Waals surface area contributed by atoms with E-state index in [1.54, 1.807) is 25.4 Å². The van der Waals surface area contributed by atoms with Gasteiger partial charge in [0.25, 0.3) is 10.0 Å². The minimum Gasteiger partial charge on any atom is -0.381 e. The van der Waals surface area contributed by atoms with E-state index in [1.165, 1.54) is 4.31 Å². The summed E-state index contributed by atoms with van der Waals surface area (Å²) in [7, 11) is -0.0676. The van der Waals surface area contributed by atoms with Gasteiger partial charge < -0.3 is 10.1 Å². The van der Waals surface area contributed by atoms with Gasteiger partial charge in [0.05, 0.1) is 0 Å². The highest BCUT2D eigenvalue weighted by molar-refractivity contribution is 7.89. The number of hydrogen-bond donors (Lipinski definition) is 1. The Morgan fingerprint density at radius 1 is 1.40 bits per heavy atom. The molecule has 1 aliphatic heterocycles. The van der Waals surface area contributed by atoms with Crippen molar-refractivity contribution >= 4 is 10.0 Å². The quantitative estimate of drug-likeness (QED) is 0.862. The number of nitrogens with zero attached hydrogens (tertiary/aromatic N) is 2. The lowest BCUT2D eigenvalue weighted by Gasteiger charge is -2.30. The second-order valence-electron chi connectivity index (χ2n) is 4.90. The SMILES string of the molecule is CNCc1ccc(S(=O)(=O)N(C)C2CCOCC2)nc1. The highest BCUT2D eigenvalue weighted by atomic mass is 32.2. The molecule has 0 aliphatic carbocycles. The van der Waals surface area contributed by atoms with Gasteiger partial charge in [-0.05, 0) is 31.5 Å². The van der Waals surface area contributed by atoms with Crippen LogP contribution in [0.1, 0.15) is 18.4 Å². The predicted octanol–water partition coefficient (Wildman–Crippen LogP) is 0.600. The first-order valence-electron chi connectivity index (χ1n) is 6.71. The molecule has 0 amide bonds. The lowest BCUT2D eigenvalue weighted by atomic mass is 10.1. The van der Waals surface area contributed by atoms with Gasteiger partial charge in [-0.2, -0.15) is 4.31 Å². The molecule has 0 saturated carbocycles. The van der Waals surface area contributed by atoms with E-state index in [2.05, 4.69) is 10.3 Å². The number of pyridine rings is 1. The Labute approximate surface area is 120 Å². The van der Waals surface area contributed by atoms with Gasteiger partial charge in [-0.1, -0.05) is 6.07 Å². The first kappa shape index (κ1) is 15.4. The molecule has 0 spiro atoms. The van der Waals surface area contributed by atoms with E-state index in [1.807, 2.05) is 7.05 Å². The van der Waals surface area contributed by atoms with Crippen LogP contribution in [-0.2, 0) is 21.3 Å². The van der Waals surface area contributed by atoms with Crippen LogP contribution in [-0.4, -0.2) is 51.1 Å². The fourth-order valence-electron chi connectivity index (χ4n) is 2.26. The molecule has 112 valence electrons. The van der Waals surface area contributed by atoms with Crippen LogP contribution in [0.4, 0.5) is 0 Å². The van der Waals surface area contributed by atoms with Crippen LogP contribution in [0.5, 0.6) is 0 Å². The van der Waals surface area contributed by atoms with Crippen LogP contribution in [0.2, 0.25) is 0 Å². The van der Waals surface area contributed by atoms with Gasteiger partial charge in [0, 0.05) is 39.0 Å². The Kier molecular flexibility index (Phi) is 5.09. The summed E-state index contributed by atoms with van der Waals surface area (Å²) in [4.78, 5) is 4.08. The van der Waals surface area contributed by atoms with Crippen molar-refractivity contribution in [1.82, 2.24) is 14.6 Å². The number of rotatable bonds is 5. The van der Waals surface area contributed by atoms with Crippen molar-refractivity contribution in [2.45, 2.75) is 30.5 Å². The van der Waals surface area contributed by atoms with Gasteiger partial charge in [-0.25, -0.2) is 13.4 Å². The maximum Gasteiger partial charge on any atom is 0.260 e. The summed E-state index contributed by atoms with van der Waals surface area (Å²) in [5.41, 5.74) is 0.958. The smallest absolute Gasteiger partial charge is 0.260 e. The van der Waals surface area contributed by atoms with Crippen LogP contribution in [0.15, 0.2) is 23.4 Å². The van der Waals surface area contributed by atoms with E-state index < -0.39 is 10.0 Å². The second kappa shape index (κ2) is 6.62. The van der Waals surface area contributed by atoms with Crippen molar-refractivity contribution in [3.63, 3.8) is 0 Å². The third-order valence-electron chi connectivity index (χ3n) is 3.53. The molecule has 2 rings (SSSR count). The summed E-state index contributed by atoms with van der Waals surface area (Å²) < 4.78 is 31.7. The lowest BCUT2D eigenvalue weighted by Crippen LogP contribution is -2.40. The number of sulfonamides is 1. The van der Waals surface area contributed by atoms with E-state index in [0.717, 1.165) is 18.4 Å². The van der Waals surface area contributed by atoms with Crippen molar-refractivity contribution < 1.29 is 13.2 Å². The van der Waals surface area contributed by atoms with E-state index in [4.69, 9.17) is 4.74 Å². The number of ether oxygens (including phenoxy) is 1. The van der Waals surface area contributed by atoms with E-state index in [-0.39, 0.29) is 11.1 Å². The number of nitrogens with one attached hydrogen (secondary N) is 1. The van der Waals surface area contributed by atoms with Crippen molar-refractivity contribution in [2.75, 3.05) is 27.3 Å². The minimum absolute atomic E-state index is 0.00691. The monoisotopic (exact) mass is 299 g/mol. The summed E-state index contributed by atoms with van der Waals surface area (Å²) in [5.74, 6) is 0. The summed E-state index contributed by atoms with van der Waals surface area (Å²) in [5, 5.41) is 3.11. The summed E-state index contributed by atoms with van der Waals surface area (Å²) >= 11 is 0. The third-order valence-corrected chi connectivity index (χ3v) is 5.35. The van der Waals surface area contributed by atoms with Gasteiger partial charge in [0.2, 0.25) is 0 Å². The maximum absolute atomic E-state index is 12.5. The zero-order valence-corrected chi connectivity index (χ0v) is 12.7. The molecule has 0 radical (unpaired) electrons. The summed E-state index contributed by atoms with van der Waals surface area (Å²) in [6, 6.07) is 3.35. The molecule has 1 N–H and O–H groups in total. The fraction of sp³-hybridized carbons (Fsp3) is 0.615. The molecule has 0 unspecified atom stereocenters. The lowest BCUT2D eigenvalue weighted by molar-refractivity contribution is 0.0631. The second-order valence-corrected chi connectivity index (χ2v) is 6.84. The number of hydrogen-bond acceptors (Lipinski definition) is 5. The van der Waals surface area contributed by atoms with Crippen molar-refractivity contribution in [3.8, 4) is 0 Å². The average molecular weight is 299 g/mol. The first-order chi connectivity index (χ1) is 9.55. The highest BCUT2D eigenvalue weighted by Gasteiger charge is 2.30. The van der Waals surface area contributed by atoms with Gasteiger partial charge in [-0.3, -0.25) is 0 Å². The minimum atomic E-state index is -3.52. The molecule has 20 heavy (non-hydrogen) atoms. The standard InChI is InChI=1S/C13H21N3O3S/c1-14-9-11-3-4-13(15-10-11)20(17,18)16(2)12-5-7-19-8-6-12/h3-4,10,12,14H,5-9H2,1-2H3. The highest BCUT2D eigenvalue weighted by Crippen LogP contribution is 2.20. The zero-order chi connectivity index (χ0) is 14.6. The van der Waals surface area contributed by atoms with Crippen molar-refractivity contribution in [1.29, 1.82) is 0 Å². The normalized spacial score (nSPS) is 17.6. The largest absolute Gasteiger partial charge is 0.381 e. The van der Waals surface area contributed by atoms with Crippen molar-refractivity contribution in [2.24, 2.45) is 0 Å². The van der Waals surface area contributed by atoms with E-state index in [9.17, 15) is 8.42 Å². The molecule has 2 heterocycles. The molecule has 6 nitrogen and oxygen atoms in total. The Morgan fingerprint density at radius 2 is 2.10 bits per heavy atom. The van der Waals surface area contributed by atoms with E-state index in [0.29, 0.717) is 19.8 Å². The van der Waals surface area contributed by atoms with E-state index >= 15 is 0 Å². The first-order valence-corrected chi connectivity index (χ1v) is 8.15. The van der Waals surface area contributed by atoms with Gasteiger partial charge in [-0.15, -0.1) is 0 Å². The molecule has 7 heteroatoms. The van der Waals surface area contributed by atoms with Crippen molar-refractivity contribution in [3.05, 3.63) is 23.9 Å². The Balaban J connectivity index is 2.15. The molecular formula is C13H21N3O3S. The molecule has 0 bridgehead atoms. The van der Waals surface area contributed by atoms with Crippen LogP contribution in [0.25, 0.3) is 0 Å². The maximum atomic E-state index is 12.5. The van der Waals surface area contributed by atoms with Crippen LogP contribution < -0.4 is 5.32 Å². The zero-order valence-electron chi connectivity index (χ0n) is 11.9. The summed E-state index contributed by atoms with van der Waals surface area (Å²) in [6.07, 6.45) is 3.06. The predicted molar refractivity (Wildman–Crippen MR) is 75.8 cm³/mol. The molecular weight excluding hydrogens is 278 g/mol. The fourth-order valence-corrected chi connectivity index (χ4v) is 3.59. The third kappa shape index (κ3) is 3.35. The van der Waals surface area contributed by atoms with Gasteiger partial charge in [0.15, 0.2) is 5.03 Å². The van der Waals surface area contributed by atoms with Crippen LogP contribution >= 0.6 is 0 Å². The summed E-state index contributed by atoms with van der Waals surface area (Å²) in [6.45, 7) is 1.89. The Hall–Kier alpha value is -1.02. The topological polar surface area (TPSA) is 71.5 Å². The molecule has 0 aromatic carbocycles. The number of aromatic nitrogens is 1. The molecule has 1 fully saturated rings. The average Bonchev–Trinajstić information content (AvgIpc) is 2.48. The molecule has 0 atom stereocenters. The van der Waals surface area contributed by atoms with Crippen LogP contribution in [0.3, 0.4) is 0 Å². The Morgan fingerprint density at radius 3 is 2.65 bits per heavy atom. The Bertz CT molecular complexity index is 524. The molecule has 1 aliphatic rings.